The predicted octanol–water partition coefficient (Wildman–Crippen LogP) is 5.21. The van der Waals surface area contributed by atoms with Crippen LogP contribution in [0.5, 0.6) is 0 Å². The number of hydrogen-bond donors (Lipinski definition) is 2. The predicted molar refractivity (Wildman–Crippen MR) is 129 cm³/mol. The molecule has 5 heteroatoms. The van der Waals surface area contributed by atoms with Crippen molar-refractivity contribution in [2.45, 2.75) is 44.9 Å². The number of nitrogens with zero attached hydrogens (tertiary/aromatic N) is 1. The maximum absolute atomic E-state index is 6.23. The molecule has 0 atom stereocenters. The Morgan fingerprint density at radius 2 is 1.86 bits per heavy atom. The van der Waals surface area contributed by atoms with E-state index in [1.165, 1.54) is 16.7 Å². The summed E-state index contributed by atoms with van der Waals surface area (Å²) >= 11 is 0. The summed E-state index contributed by atoms with van der Waals surface area (Å²) in [4.78, 5) is 4.74. The number of aryl methyl sites for hydroxylation is 1. The molecule has 152 valence electrons. The Bertz CT molecular complexity index is 798. The number of ether oxygens (including phenoxy) is 1. The van der Waals surface area contributed by atoms with Crippen molar-refractivity contribution in [1.29, 1.82) is 0 Å². The number of rotatable bonds is 5. The summed E-state index contributed by atoms with van der Waals surface area (Å²) in [7, 11) is 0. The molecule has 3 N–H and O–H groups in total. The van der Waals surface area contributed by atoms with Gasteiger partial charge in [0.1, 0.15) is 0 Å². The third kappa shape index (κ3) is 5.47. The van der Waals surface area contributed by atoms with Crippen molar-refractivity contribution in [2.24, 2.45) is 10.7 Å². The smallest absolute Gasteiger partial charge is 0.193 e. The lowest BCUT2D eigenvalue weighted by molar-refractivity contribution is 0.0529. The van der Waals surface area contributed by atoms with Gasteiger partial charge < -0.3 is 15.8 Å². The average Bonchev–Trinajstić information content (AvgIpc) is 2.68. The van der Waals surface area contributed by atoms with E-state index in [9.17, 15) is 0 Å². The SMILES string of the molecule is Cc1ccccc1C1(CN=C(N)Nc2cccc(C(C)C)c2)CCOCC1.I. The molecule has 0 saturated carbocycles. The van der Waals surface area contributed by atoms with E-state index in [1.807, 2.05) is 6.07 Å². The second-order valence-corrected chi connectivity index (χ2v) is 7.81. The van der Waals surface area contributed by atoms with Crippen molar-refractivity contribution in [3.05, 3.63) is 65.2 Å². The third-order valence-corrected chi connectivity index (χ3v) is 5.54. The number of nitrogens with two attached hydrogens (primary N) is 1. The Morgan fingerprint density at radius 3 is 2.54 bits per heavy atom. The molecule has 0 unspecified atom stereocenters. The van der Waals surface area contributed by atoms with Crippen molar-refractivity contribution in [2.75, 3.05) is 25.1 Å². The zero-order valence-electron chi connectivity index (χ0n) is 17.1. The molecule has 0 spiro atoms. The number of aliphatic imine (C=N–C) groups is 1. The molecular formula is C23H32IN3O. The number of hydrogen-bond acceptors (Lipinski definition) is 2. The topological polar surface area (TPSA) is 59.6 Å². The van der Waals surface area contributed by atoms with Crippen molar-refractivity contribution < 1.29 is 4.74 Å². The molecule has 2 aromatic rings. The van der Waals surface area contributed by atoms with Gasteiger partial charge in [-0.15, -0.1) is 24.0 Å². The Hall–Kier alpha value is -1.60. The van der Waals surface area contributed by atoms with Crippen molar-refractivity contribution in [1.82, 2.24) is 0 Å². The van der Waals surface area contributed by atoms with Crippen LogP contribution in [0.25, 0.3) is 0 Å². The average molecular weight is 493 g/mol. The molecule has 0 radical (unpaired) electrons. The van der Waals surface area contributed by atoms with Crippen LogP contribution in [0.2, 0.25) is 0 Å². The van der Waals surface area contributed by atoms with E-state index in [2.05, 4.69) is 68.6 Å². The Balaban J connectivity index is 0.00000280. The van der Waals surface area contributed by atoms with Crippen LogP contribution in [-0.4, -0.2) is 25.7 Å². The van der Waals surface area contributed by atoms with Gasteiger partial charge in [-0.05, 0) is 54.5 Å². The molecule has 0 aliphatic carbocycles. The molecule has 1 aliphatic heterocycles. The van der Waals surface area contributed by atoms with Gasteiger partial charge in [0.05, 0.1) is 6.54 Å². The fraction of sp³-hybridized carbons (Fsp3) is 0.435. The van der Waals surface area contributed by atoms with E-state index in [4.69, 9.17) is 15.5 Å². The van der Waals surface area contributed by atoms with Crippen LogP contribution in [0.15, 0.2) is 53.5 Å². The lowest BCUT2D eigenvalue weighted by Crippen LogP contribution is -2.38. The molecule has 0 bridgehead atoms. The van der Waals surface area contributed by atoms with Gasteiger partial charge in [-0.1, -0.05) is 50.2 Å². The van der Waals surface area contributed by atoms with Crippen LogP contribution in [-0.2, 0) is 10.2 Å². The van der Waals surface area contributed by atoms with Gasteiger partial charge >= 0.3 is 0 Å². The van der Waals surface area contributed by atoms with Crippen LogP contribution in [0.4, 0.5) is 5.69 Å². The molecule has 2 aromatic carbocycles. The highest BCUT2D eigenvalue weighted by atomic mass is 127. The molecule has 0 aromatic heterocycles. The highest BCUT2D eigenvalue weighted by Gasteiger charge is 2.35. The minimum atomic E-state index is -0.00429. The summed E-state index contributed by atoms with van der Waals surface area (Å²) in [5, 5.41) is 3.26. The zero-order chi connectivity index (χ0) is 19.3. The van der Waals surface area contributed by atoms with Crippen LogP contribution < -0.4 is 11.1 Å². The summed E-state index contributed by atoms with van der Waals surface area (Å²) in [6, 6.07) is 17.0. The zero-order valence-corrected chi connectivity index (χ0v) is 19.4. The molecule has 28 heavy (non-hydrogen) atoms. The van der Waals surface area contributed by atoms with Crippen LogP contribution in [0, 0.1) is 6.92 Å². The van der Waals surface area contributed by atoms with E-state index < -0.39 is 0 Å². The summed E-state index contributed by atoms with van der Waals surface area (Å²) in [5.74, 6) is 0.951. The number of guanidine groups is 1. The Morgan fingerprint density at radius 1 is 1.14 bits per heavy atom. The van der Waals surface area contributed by atoms with Crippen LogP contribution in [0.3, 0.4) is 0 Å². The second-order valence-electron chi connectivity index (χ2n) is 7.81. The van der Waals surface area contributed by atoms with E-state index in [1.54, 1.807) is 0 Å². The third-order valence-electron chi connectivity index (χ3n) is 5.54. The lowest BCUT2D eigenvalue weighted by atomic mass is 9.72. The van der Waals surface area contributed by atoms with Crippen molar-refractivity contribution in [3.63, 3.8) is 0 Å². The number of nitrogens with one attached hydrogen (secondary N) is 1. The monoisotopic (exact) mass is 493 g/mol. The molecule has 1 saturated heterocycles. The van der Waals surface area contributed by atoms with Gasteiger partial charge in [0.15, 0.2) is 5.96 Å². The molecule has 1 aliphatic rings. The van der Waals surface area contributed by atoms with Gasteiger partial charge in [-0.2, -0.15) is 0 Å². The van der Waals surface area contributed by atoms with E-state index in [-0.39, 0.29) is 29.4 Å². The highest BCUT2D eigenvalue weighted by Crippen LogP contribution is 2.37. The lowest BCUT2D eigenvalue weighted by Gasteiger charge is -2.37. The quantitative estimate of drug-likeness (QED) is 0.342. The second kappa shape index (κ2) is 10.3. The van der Waals surface area contributed by atoms with Gasteiger partial charge in [0, 0.05) is 24.3 Å². The molecule has 4 nitrogen and oxygen atoms in total. The minimum Gasteiger partial charge on any atom is -0.381 e. The summed E-state index contributed by atoms with van der Waals surface area (Å²) < 4.78 is 5.63. The number of halogens is 1. The first-order valence-corrected chi connectivity index (χ1v) is 9.81. The molecule has 0 amide bonds. The first-order chi connectivity index (χ1) is 13.0. The summed E-state index contributed by atoms with van der Waals surface area (Å²) in [6.45, 7) is 8.77. The summed E-state index contributed by atoms with van der Waals surface area (Å²) in [6.07, 6.45) is 1.94. The van der Waals surface area contributed by atoms with Crippen LogP contribution >= 0.6 is 24.0 Å². The Kier molecular flexibility index (Phi) is 8.31. The maximum Gasteiger partial charge on any atom is 0.193 e. The van der Waals surface area contributed by atoms with Gasteiger partial charge in [-0.3, -0.25) is 4.99 Å². The van der Waals surface area contributed by atoms with Crippen molar-refractivity contribution >= 4 is 35.6 Å². The largest absolute Gasteiger partial charge is 0.381 e. The van der Waals surface area contributed by atoms with Gasteiger partial charge in [0.2, 0.25) is 0 Å². The Labute approximate surface area is 186 Å². The standard InChI is InChI=1S/C23H31N3O.HI/c1-17(2)19-8-6-9-20(15-19)26-22(24)25-16-23(11-13-27-14-12-23)21-10-5-4-7-18(21)3;/h4-10,15,17H,11-14,16H2,1-3H3,(H3,24,25,26);1H. The molecule has 1 heterocycles. The van der Waals surface area contributed by atoms with E-state index in [0.29, 0.717) is 18.4 Å². The number of anilines is 1. The highest BCUT2D eigenvalue weighted by molar-refractivity contribution is 14.0. The maximum atomic E-state index is 6.23. The first-order valence-electron chi connectivity index (χ1n) is 9.81. The minimum absolute atomic E-state index is 0. The van der Waals surface area contributed by atoms with Gasteiger partial charge in [-0.25, -0.2) is 0 Å². The molecule has 1 fully saturated rings. The summed E-state index contributed by atoms with van der Waals surface area (Å²) in [5.41, 5.74) is 11.2. The fourth-order valence-electron chi connectivity index (χ4n) is 3.84. The number of benzene rings is 2. The van der Waals surface area contributed by atoms with Crippen LogP contribution in [0.1, 0.15) is 49.3 Å². The molecular weight excluding hydrogens is 461 g/mol. The van der Waals surface area contributed by atoms with E-state index >= 15 is 0 Å². The normalized spacial score (nSPS) is 16.5. The van der Waals surface area contributed by atoms with E-state index in [0.717, 1.165) is 31.7 Å². The van der Waals surface area contributed by atoms with Crippen molar-refractivity contribution in [3.8, 4) is 0 Å². The fourth-order valence-corrected chi connectivity index (χ4v) is 3.84. The molecule has 3 rings (SSSR count). The van der Waals surface area contributed by atoms with Gasteiger partial charge in [0.25, 0.3) is 0 Å². The first kappa shape index (κ1) is 22.7.